The lowest BCUT2D eigenvalue weighted by atomic mass is 9.76. The van der Waals surface area contributed by atoms with E-state index in [0.717, 1.165) is 62.9 Å². The largest absolute Gasteiger partial charge is 0.300 e. The van der Waals surface area contributed by atoms with Crippen LogP contribution in [0.3, 0.4) is 0 Å². The van der Waals surface area contributed by atoms with E-state index in [1.165, 1.54) is 0 Å². The molecule has 6 aromatic carbocycles. The molecular formula is C41H36Cl2N2. The van der Waals surface area contributed by atoms with Crippen molar-refractivity contribution in [3.05, 3.63) is 213 Å². The second-order valence-corrected chi connectivity index (χ2v) is 11.9. The maximum Gasteiger partial charge on any atom is 0.0962 e. The lowest BCUT2D eigenvalue weighted by molar-refractivity contribution is 0.428. The van der Waals surface area contributed by atoms with E-state index in [4.69, 9.17) is 23.2 Å². The van der Waals surface area contributed by atoms with Crippen molar-refractivity contribution in [1.82, 2.24) is 10.6 Å². The maximum atomic E-state index is 6.96. The Hall–Kier alpha value is -4.18. The molecule has 4 heteroatoms. The van der Waals surface area contributed by atoms with Gasteiger partial charge in [0.15, 0.2) is 0 Å². The molecule has 2 N–H and O–H groups in total. The summed E-state index contributed by atoms with van der Waals surface area (Å²) in [5.74, 6) is 0. The van der Waals surface area contributed by atoms with Crippen molar-refractivity contribution >= 4 is 23.2 Å². The van der Waals surface area contributed by atoms with Gasteiger partial charge in [0.2, 0.25) is 0 Å². The first kappa shape index (κ1) is 30.8. The van der Waals surface area contributed by atoms with Gasteiger partial charge in [-0.1, -0.05) is 181 Å². The number of hydrogen-bond acceptors (Lipinski definition) is 2. The second-order valence-electron chi connectivity index (χ2n) is 11.1. The van der Waals surface area contributed by atoms with Gasteiger partial charge in [0, 0.05) is 10.0 Å². The highest BCUT2D eigenvalue weighted by molar-refractivity contribution is 6.32. The topological polar surface area (TPSA) is 24.1 Å². The van der Waals surface area contributed by atoms with Gasteiger partial charge in [-0.25, -0.2) is 0 Å². The Morgan fingerprint density at radius 3 is 0.911 bits per heavy atom. The van der Waals surface area contributed by atoms with Crippen molar-refractivity contribution in [3.63, 3.8) is 0 Å². The summed E-state index contributed by atoms with van der Waals surface area (Å²) in [6.45, 7) is 1.45. The lowest BCUT2D eigenvalue weighted by Crippen LogP contribution is -2.48. The zero-order valence-corrected chi connectivity index (χ0v) is 26.6. The Labute approximate surface area is 276 Å². The van der Waals surface area contributed by atoms with Crippen LogP contribution in [0.4, 0.5) is 0 Å². The van der Waals surface area contributed by atoms with E-state index in [1.54, 1.807) is 0 Å². The van der Waals surface area contributed by atoms with Crippen molar-refractivity contribution in [1.29, 1.82) is 0 Å². The first-order chi connectivity index (χ1) is 22.2. The first-order valence-electron chi connectivity index (χ1n) is 15.4. The predicted molar refractivity (Wildman–Crippen MR) is 189 cm³/mol. The highest BCUT2D eigenvalue weighted by atomic mass is 35.5. The summed E-state index contributed by atoms with van der Waals surface area (Å²) in [4.78, 5) is 0. The van der Waals surface area contributed by atoms with Gasteiger partial charge >= 0.3 is 0 Å². The molecule has 0 saturated heterocycles. The quantitative estimate of drug-likeness (QED) is 0.104. The van der Waals surface area contributed by atoms with Gasteiger partial charge in [-0.3, -0.25) is 10.6 Å². The molecule has 0 heterocycles. The van der Waals surface area contributed by atoms with Crippen LogP contribution in [0.25, 0.3) is 0 Å². The monoisotopic (exact) mass is 626 g/mol. The Morgan fingerprint density at radius 2 is 0.622 bits per heavy atom. The summed E-state index contributed by atoms with van der Waals surface area (Å²) in [7, 11) is 0. The average molecular weight is 628 g/mol. The Kier molecular flexibility index (Phi) is 9.78. The Balaban J connectivity index is 1.36. The zero-order chi connectivity index (χ0) is 31.0. The number of halogens is 2. The van der Waals surface area contributed by atoms with Crippen LogP contribution in [0.5, 0.6) is 0 Å². The van der Waals surface area contributed by atoms with Gasteiger partial charge in [-0.05, 0) is 65.0 Å². The highest BCUT2D eigenvalue weighted by Gasteiger charge is 2.39. The molecule has 0 aromatic heterocycles. The van der Waals surface area contributed by atoms with Crippen molar-refractivity contribution < 1.29 is 0 Å². The van der Waals surface area contributed by atoms with Crippen LogP contribution in [0.1, 0.15) is 39.8 Å². The van der Waals surface area contributed by atoms with Crippen LogP contribution in [-0.2, 0) is 11.1 Å². The van der Waals surface area contributed by atoms with Gasteiger partial charge in [-0.15, -0.1) is 0 Å². The van der Waals surface area contributed by atoms with E-state index in [-0.39, 0.29) is 0 Å². The Bertz CT molecular complexity index is 1580. The molecule has 6 aromatic rings. The summed E-state index contributed by atoms with van der Waals surface area (Å²) in [5, 5.41) is 9.43. The highest BCUT2D eigenvalue weighted by Crippen LogP contribution is 2.41. The molecule has 0 aliphatic rings. The number of hydrogen-bond donors (Lipinski definition) is 2. The molecule has 0 unspecified atom stereocenters. The molecule has 0 aliphatic heterocycles. The van der Waals surface area contributed by atoms with E-state index in [2.05, 4.69) is 156 Å². The van der Waals surface area contributed by atoms with Crippen LogP contribution in [0.2, 0.25) is 10.0 Å². The molecule has 6 rings (SSSR count). The Morgan fingerprint density at radius 1 is 0.356 bits per heavy atom. The summed E-state index contributed by atoms with van der Waals surface area (Å²) < 4.78 is 0. The van der Waals surface area contributed by atoms with Crippen LogP contribution in [0.15, 0.2) is 170 Å². The number of rotatable bonds is 12. The predicted octanol–water partition coefficient (Wildman–Crippen LogP) is 9.85. The average Bonchev–Trinajstić information content (AvgIpc) is 3.11. The molecule has 0 amide bonds. The third-order valence-electron chi connectivity index (χ3n) is 8.52. The smallest absolute Gasteiger partial charge is 0.0962 e. The minimum atomic E-state index is -0.639. The van der Waals surface area contributed by atoms with Gasteiger partial charge in [-0.2, -0.15) is 0 Å². The van der Waals surface area contributed by atoms with Gasteiger partial charge < -0.3 is 0 Å². The number of nitrogens with one attached hydrogen (secondary N) is 2. The van der Waals surface area contributed by atoms with Crippen LogP contribution in [0, 0.1) is 0 Å². The molecule has 0 bridgehead atoms. The fourth-order valence-electron chi connectivity index (χ4n) is 6.48. The third-order valence-corrected chi connectivity index (χ3v) is 9.18. The molecule has 0 radical (unpaired) electrons. The van der Waals surface area contributed by atoms with E-state index >= 15 is 0 Å². The van der Waals surface area contributed by atoms with E-state index < -0.39 is 11.1 Å². The first-order valence-corrected chi connectivity index (χ1v) is 16.1. The summed E-state index contributed by atoms with van der Waals surface area (Å²) in [5.41, 5.74) is 5.31. The molecule has 0 aliphatic carbocycles. The SMILES string of the molecule is Clc1ccccc1C(NCCCNC(c1ccccc1)(c1ccccc1)c1ccccc1Cl)(c1ccccc1)c1ccccc1. The number of benzene rings is 6. The minimum absolute atomic E-state index is 0.639. The van der Waals surface area contributed by atoms with Gasteiger partial charge in [0.1, 0.15) is 0 Å². The van der Waals surface area contributed by atoms with Crippen LogP contribution < -0.4 is 10.6 Å². The fourth-order valence-corrected chi connectivity index (χ4v) is 7.03. The molecule has 224 valence electrons. The van der Waals surface area contributed by atoms with Crippen LogP contribution in [-0.4, -0.2) is 13.1 Å². The summed E-state index contributed by atoms with van der Waals surface area (Å²) >= 11 is 13.9. The van der Waals surface area contributed by atoms with Gasteiger partial charge in [0.25, 0.3) is 0 Å². The lowest BCUT2D eigenvalue weighted by Gasteiger charge is -2.39. The van der Waals surface area contributed by atoms with Crippen molar-refractivity contribution in [2.75, 3.05) is 13.1 Å². The van der Waals surface area contributed by atoms with Crippen molar-refractivity contribution in [3.8, 4) is 0 Å². The standard InChI is InChI=1S/C41H36Cl2N2/c42-38-28-15-13-26-36(38)40(32-18-5-1-6-19-32,33-20-7-2-8-21-33)44-30-17-31-45-41(34-22-9-3-10-23-34,35-24-11-4-12-25-35)37-27-14-16-29-39(37)43/h1-16,18-29,44-45H,17,30-31H2. The molecular weight excluding hydrogens is 591 g/mol. The molecule has 0 fully saturated rings. The summed E-state index contributed by atoms with van der Waals surface area (Å²) in [6.07, 6.45) is 0.845. The second kappa shape index (κ2) is 14.3. The molecule has 0 atom stereocenters. The molecule has 45 heavy (non-hydrogen) atoms. The van der Waals surface area contributed by atoms with E-state index in [0.29, 0.717) is 0 Å². The summed E-state index contributed by atoms with van der Waals surface area (Å²) in [6, 6.07) is 58.6. The molecule has 2 nitrogen and oxygen atoms in total. The fraction of sp³-hybridized carbons (Fsp3) is 0.122. The van der Waals surface area contributed by atoms with Crippen LogP contribution >= 0.6 is 23.2 Å². The minimum Gasteiger partial charge on any atom is -0.300 e. The molecule has 0 spiro atoms. The maximum absolute atomic E-state index is 6.96. The normalized spacial score (nSPS) is 11.8. The van der Waals surface area contributed by atoms with Gasteiger partial charge in [0.05, 0.1) is 11.1 Å². The van der Waals surface area contributed by atoms with E-state index in [1.807, 2.05) is 24.3 Å². The van der Waals surface area contributed by atoms with E-state index in [9.17, 15) is 0 Å². The zero-order valence-electron chi connectivity index (χ0n) is 25.0. The van der Waals surface area contributed by atoms with Crippen molar-refractivity contribution in [2.45, 2.75) is 17.5 Å². The molecule has 0 saturated carbocycles. The third kappa shape index (κ3) is 6.20. The van der Waals surface area contributed by atoms with Crippen molar-refractivity contribution in [2.24, 2.45) is 0 Å².